The number of methoxy groups -OCH3 is 1. The molecule has 0 radical (unpaired) electrons. The minimum atomic E-state index is -0.754. The Morgan fingerprint density at radius 1 is 1.56 bits per heavy atom. The maximum atomic E-state index is 11.4. The highest BCUT2D eigenvalue weighted by molar-refractivity contribution is 5.82. The van der Waals surface area contributed by atoms with E-state index in [2.05, 4.69) is 6.92 Å². The highest BCUT2D eigenvalue weighted by Gasteiger charge is 2.36. The molecule has 1 heterocycles. The summed E-state index contributed by atoms with van der Waals surface area (Å²) in [5.74, 6) is -0.754. The van der Waals surface area contributed by atoms with Crippen LogP contribution in [0.1, 0.15) is 18.9 Å². The van der Waals surface area contributed by atoms with E-state index in [1.807, 2.05) is 29.2 Å². The van der Waals surface area contributed by atoms with Gasteiger partial charge in [0.05, 0.1) is 0 Å². The van der Waals surface area contributed by atoms with Crippen molar-refractivity contribution in [3.8, 4) is 0 Å². The lowest BCUT2D eigenvalue weighted by Gasteiger charge is -2.31. The van der Waals surface area contributed by atoms with Crippen LogP contribution in [0.2, 0.25) is 0 Å². The van der Waals surface area contributed by atoms with Crippen molar-refractivity contribution in [3.05, 3.63) is 29.8 Å². The fourth-order valence-electron chi connectivity index (χ4n) is 2.59. The summed E-state index contributed by atoms with van der Waals surface area (Å²) in [5, 5.41) is 9.36. The first-order valence-electron chi connectivity index (χ1n) is 6.23. The van der Waals surface area contributed by atoms with Crippen molar-refractivity contribution in [2.24, 2.45) is 0 Å². The number of nitrogens with zero attached hydrogens (tertiary/aromatic N) is 1. The van der Waals surface area contributed by atoms with E-state index in [1.54, 1.807) is 7.11 Å². The summed E-state index contributed by atoms with van der Waals surface area (Å²) < 4.78 is 5.08. The molecule has 4 nitrogen and oxygen atoms in total. The minimum absolute atomic E-state index is 0.162. The van der Waals surface area contributed by atoms with Crippen molar-refractivity contribution in [1.29, 1.82) is 0 Å². The van der Waals surface area contributed by atoms with Gasteiger partial charge < -0.3 is 14.7 Å². The van der Waals surface area contributed by atoms with Gasteiger partial charge in [-0.1, -0.05) is 18.2 Å². The molecule has 1 aromatic carbocycles. The third-order valence-corrected chi connectivity index (χ3v) is 3.52. The second-order valence-electron chi connectivity index (χ2n) is 4.72. The highest BCUT2D eigenvalue weighted by Crippen LogP contribution is 2.34. The third kappa shape index (κ3) is 2.34. The van der Waals surface area contributed by atoms with E-state index in [1.165, 1.54) is 0 Å². The molecule has 0 aliphatic carbocycles. The van der Waals surface area contributed by atoms with Crippen LogP contribution in [0, 0.1) is 0 Å². The number of anilines is 1. The van der Waals surface area contributed by atoms with Crippen molar-refractivity contribution in [1.82, 2.24) is 0 Å². The van der Waals surface area contributed by atoms with E-state index in [0.29, 0.717) is 13.0 Å². The van der Waals surface area contributed by atoms with Gasteiger partial charge in [0.1, 0.15) is 6.04 Å². The Labute approximate surface area is 107 Å². The third-order valence-electron chi connectivity index (χ3n) is 3.52. The smallest absolute Gasteiger partial charge is 0.326 e. The number of carbonyl (C=O) groups is 1. The van der Waals surface area contributed by atoms with Gasteiger partial charge in [-0.05, 0) is 25.0 Å². The van der Waals surface area contributed by atoms with Gasteiger partial charge in [-0.25, -0.2) is 4.79 Å². The van der Waals surface area contributed by atoms with E-state index < -0.39 is 12.0 Å². The maximum Gasteiger partial charge on any atom is 0.326 e. The Hall–Kier alpha value is -1.55. The van der Waals surface area contributed by atoms with Gasteiger partial charge in [-0.3, -0.25) is 0 Å². The SMILES string of the molecule is COCCC(C)N1c2ccccc2CC1C(=O)O. The molecule has 0 saturated heterocycles. The number of rotatable bonds is 5. The Bertz CT molecular complexity index is 433. The minimum Gasteiger partial charge on any atom is -0.480 e. The number of para-hydroxylation sites is 1. The molecule has 0 aromatic heterocycles. The van der Waals surface area contributed by atoms with Gasteiger partial charge in [-0.15, -0.1) is 0 Å². The molecule has 4 heteroatoms. The van der Waals surface area contributed by atoms with Crippen LogP contribution in [0.4, 0.5) is 5.69 Å². The zero-order chi connectivity index (χ0) is 13.1. The van der Waals surface area contributed by atoms with Crippen LogP contribution in [-0.2, 0) is 16.0 Å². The van der Waals surface area contributed by atoms with Gasteiger partial charge in [0.25, 0.3) is 0 Å². The summed E-state index contributed by atoms with van der Waals surface area (Å²) >= 11 is 0. The van der Waals surface area contributed by atoms with Crippen molar-refractivity contribution in [2.45, 2.75) is 31.8 Å². The standard InChI is InChI=1S/C14H19NO3/c1-10(7-8-18-2)15-12-6-4-3-5-11(12)9-13(15)14(16)17/h3-6,10,13H,7-9H2,1-2H3,(H,16,17). The number of hydrogen-bond acceptors (Lipinski definition) is 3. The van der Waals surface area contributed by atoms with Gasteiger partial charge in [0.15, 0.2) is 0 Å². The predicted molar refractivity (Wildman–Crippen MR) is 70.0 cm³/mol. The molecule has 0 amide bonds. The number of hydrogen-bond donors (Lipinski definition) is 1. The van der Waals surface area contributed by atoms with Crippen molar-refractivity contribution in [2.75, 3.05) is 18.6 Å². The highest BCUT2D eigenvalue weighted by atomic mass is 16.5. The van der Waals surface area contributed by atoms with E-state index in [-0.39, 0.29) is 6.04 Å². The first-order chi connectivity index (χ1) is 8.65. The molecule has 2 unspecified atom stereocenters. The first-order valence-corrected chi connectivity index (χ1v) is 6.23. The molecule has 1 N–H and O–H groups in total. The lowest BCUT2D eigenvalue weighted by Crippen LogP contribution is -2.44. The Morgan fingerprint density at radius 3 is 2.94 bits per heavy atom. The zero-order valence-electron chi connectivity index (χ0n) is 10.8. The quantitative estimate of drug-likeness (QED) is 0.866. The summed E-state index contributed by atoms with van der Waals surface area (Å²) in [6.07, 6.45) is 1.41. The molecular weight excluding hydrogens is 230 g/mol. The summed E-state index contributed by atoms with van der Waals surface area (Å²) in [7, 11) is 1.67. The second kappa shape index (κ2) is 5.40. The fourth-order valence-corrected chi connectivity index (χ4v) is 2.59. The fraction of sp³-hybridized carbons (Fsp3) is 0.500. The predicted octanol–water partition coefficient (Wildman–Crippen LogP) is 1.93. The van der Waals surface area contributed by atoms with Crippen LogP contribution in [0.3, 0.4) is 0 Å². The molecule has 0 fully saturated rings. The second-order valence-corrected chi connectivity index (χ2v) is 4.72. The largest absolute Gasteiger partial charge is 0.480 e. The molecule has 2 rings (SSSR count). The van der Waals surface area contributed by atoms with Crippen LogP contribution in [-0.4, -0.2) is 36.9 Å². The number of ether oxygens (including phenoxy) is 1. The monoisotopic (exact) mass is 249 g/mol. The van der Waals surface area contributed by atoms with Crippen molar-refractivity contribution < 1.29 is 14.6 Å². The van der Waals surface area contributed by atoms with Crippen molar-refractivity contribution >= 4 is 11.7 Å². The van der Waals surface area contributed by atoms with E-state index in [0.717, 1.165) is 17.7 Å². The normalized spacial score (nSPS) is 19.7. The van der Waals surface area contributed by atoms with Crippen molar-refractivity contribution in [3.63, 3.8) is 0 Å². The number of benzene rings is 1. The summed E-state index contributed by atoms with van der Waals surface area (Å²) in [6.45, 7) is 2.70. The molecule has 0 spiro atoms. The van der Waals surface area contributed by atoms with Crippen LogP contribution >= 0.6 is 0 Å². The topological polar surface area (TPSA) is 49.8 Å². The van der Waals surface area contributed by atoms with Crippen LogP contribution < -0.4 is 4.90 Å². The molecule has 1 aliphatic heterocycles. The lowest BCUT2D eigenvalue weighted by molar-refractivity contribution is -0.138. The zero-order valence-corrected chi connectivity index (χ0v) is 10.8. The molecule has 0 saturated carbocycles. The number of carboxylic acid groups (broad SMARTS) is 1. The molecule has 1 aliphatic rings. The summed E-state index contributed by atoms with van der Waals surface area (Å²) in [4.78, 5) is 13.4. The first kappa shape index (κ1) is 12.9. The van der Waals surface area contributed by atoms with Gasteiger partial charge in [0, 0.05) is 31.9 Å². The van der Waals surface area contributed by atoms with Crippen LogP contribution in [0.25, 0.3) is 0 Å². The number of carboxylic acids is 1. The van der Waals surface area contributed by atoms with Gasteiger partial charge in [0.2, 0.25) is 0 Å². The molecule has 18 heavy (non-hydrogen) atoms. The molecular formula is C14H19NO3. The molecule has 2 atom stereocenters. The van der Waals surface area contributed by atoms with E-state index >= 15 is 0 Å². The number of aliphatic carboxylic acids is 1. The van der Waals surface area contributed by atoms with Gasteiger partial charge >= 0.3 is 5.97 Å². The summed E-state index contributed by atoms with van der Waals surface area (Å²) in [6, 6.07) is 7.64. The number of fused-ring (bicyclic) bond motifs is 1. The summed E-state index contributed by atoms with van der Waals surface area (Å²) in [5.41, 5.74) is 2.17. The Balaban J connectivity index is 2.25. The lowest BCUT2D eigenvalue weighted by atomic mass is 10.1. The maximum absolute atomic E-state index is 11.4. The molecule has 98 valence electrons. The van der Waals surface area contributed by atoms with Gasteiger partial charge in [-0.2, -0.15) is 0 Å². The Morgan fingerprint density at radius 2 is 2.28 bits per heavy atom. The average Bonchev–Trinajstić information content (AvgIpc) is 2.75. The van der Waals surface area contributed by atoms with Crippen LogP contribution in [0.15, 0.2) is 24.3 Å². The van der Waals surface area contributed by atoms with E-state index in [9.17, 15) is 9.90 Å². The van der Waals surface area contributed by atoms with Crippen LogP contribution in [0.5, 0.6) is 0 Å². The Kier molecular flexibility index (Phi) is 3.87. The van der Waals surface area contributed by atoms with E-state index in [4.69, 9.17) is 4.74 Å². The molecule has 0 bridgehead atoms. The molecule has 1 aromatic rings. The average molecular weight is 249 g/mol.